The molecular weight excluding hydrogens is 316 g/mol. The monoisotopic (exact) mass is 333 g/mol. The predicted octanol–water partition coefficient (Wildman–Crippen LogP) is 2.79. The lowest BCUT2D eigenvalue weighted by Gasteiger charge is -2.18. The van der Waals surface area contributed by atoms with Crippen LogP contribution in [0.1, 0.15) is 21.5 Å². The van der Waals surface area contributed by atoms with E-state index >= 15 is 0 Å². The highest BCUT2D eigenvalue weighted by molar-refractivity contribution is 5.97. The van der Waals surface area contributed by atoms with Gasteiger partial charge in [-0.1, -0.05) is 24.3 Å². The van der Waals surface area contributed by atoms with Crippen molar-refractivity contribution in [2.24, 2.45) is 0 Å². The topological polar surface area (TPSA) is 55.4 Å². The second-order valence-corrected chi connectivity index (χ2v) is 5.30. The number of rotatable bonds is 5. The molecule has 24 heavy (non-hydrogen) atoms. The first kappa shape index (κ1) is 17.6. The highest BCUT2D eigenvalue weighted by Crippen LogP contribution is 2.13. The lowest BCUT2D eigenvalue weighted by Crippen LogP contribution is -2.43. The van der Waals surface area contributed by atoms with Crippen molar-refractivity contribution in [3.8, 4) is 0 Å². The molecule has 2 aromatic rings. The first-order chi connectivity index (χ1) is 11.4. The van der Waals surface area contributed by atoms with Crippen LogP contribution >= 0.6 is 0 Å². The number of carbonyl (C=O) groups excluding carboxylic acids is 2. The maximum atomic E-state index is 13.7. The summed E-state index contributed by atoms with van der Waals surface area (Å²) < 4.78 is 31.4. The Balaban J connectivity index is 2.21. The molecule has 126 valence electrons. The molecule has 1 amide bonds. The van der Waals surface area contributed by atoms with Crippen LogP contribution < -0.4 is 5.32 Å². The third-order valence-corrected chi connectivity index (χ3v) is 3.65. The molecule has 0 aliphatic heterocycles. The Hall–Kier alpha value is -2.76. The normalized spacial score (nSPS) is 11.7. The second-order valence-electron chi connectivity index (χ2n) is 5.30. The average molecular weight is 333 g/mol. The molecule has 2 aromatic carbocycles. The minimum atomic E-state index is -0.994. The third-order valence-electron chi connectivity index (χ3n) is 3.65. The van der Waals surface area contributed by atoms with Gasteiger partial charge in [-0.3, -0.25) is 4.79 Å². The van der Waals surface area contributed by atoms with E-state index in [4.69, 9.17) is 4.74 Å². The van der Waals surface area contributed by atoms with Crippen LogP contribution in [0.4, 0.5) is 8.78 Å². The Morgan fingerprint density at radius 1 is 1.17 bits per heavy atom. The number of nitrogens with one attached hydrogen (secondary N) is 1. The molecule has 0 spiro atoms. The van der Waals surface area contributed by atoms with Crippen molar-refractivity contribution in [2.45, 2.75) is 19.4 Å². The summed E-state index contributed by atoms with van der Waals surface area (Å²) in [4.78, 5) is 24.1. The summed E-state index contributed by atoms with van der Waals surface area (Å²) in [7, 11) is 1.21. The molecular formula is C18H17F2NO3. The first-order valence-corrected chi connectivity index (χ1v) is 7.30. The third kappa shape index (κ3) is 4.16. The van der Waals surface area contributed by atoms with Gasteiger partial charge in [-0.15, -0.1) is 0 Å². The van der Waals surface area contributed by atoms with Crippen LogP contribution in [-0.4, -0.2) is 25.0 Å². The van der Waals surface area contributed by atoms with Crippen molar-refractivity contribution >= 4 is 11.9 Å². The number of benzene rings is 2. The predicted molar refractivity (Wildman–Crippen MR) is 84.5 cm³/mol. The summed E-state index contributed by atoms with van der Waals surface area (Å²) in [6.45, 7) is 1.88. The zero-order chi connectivity index (χ0) is 17.7. The highest BCUT2D eigenvalue weighted by Gasteiger charge is 2.24. The fraction of sp³-hybridized carbons (Fsp3) is 0.222. The van der Waals surface area contributed by atoms with E-state index in [2.05, 4.69) is 5.32 Å². The Kier molecular flexibility index (Phi) is 5.63. The van der Waals surface area contributed by atoms with Crippen LogP contribution in [-0.2, 0) is 16.0 Å². The van der Waals surface area contributed by atoms with Crippen molar-refractivity contribution in [2.75, 3.05) is 7.11 Å². The van der Waals surface area contributed by atoms with E-state index in [1.165, 1.54) is 7.11 Å². The van der Waals surface area contributed by atoms with Crippen LogP contribution in [0.3, 0.4) is 0 Å². The maximum absolute atomic E-state index is 13.7. The molecule has 0 aliphatic rings. The molecule has 6 heteroatoms. The van der Waals surface area contributed by atoms with Gasteiger partial charge in [0.2, 0.25) is 0 Å². The smallest absolute Gasteiger partial charge is 0.328 e. The second kappa shape index (κ2) is 7.68. The fourth-order valence-corrected chi connectivity index (χ4v) is 2.30. The molecule has 0 heterocycles. The number of methoxy groups -OCH3 is 1. The minimum absolute atomic E-state index is 0.202. The maximum Gasteiger partial charge on any atom is 0.328 e. The Morgan fingerprint density at radius 3 is 2.50 bits per heavy atom. The van der Waals surface area contributed by atoms with Crippen molar-refractivity contribution in [3.05, 3.63) is 70.8 Å². The van der Waals surface area contributed by atoms with E-state index in [0.29, 0.717) is 6.07 Å². The van der Waals surface area contributed by atoms with Gasteiger partial charge < -0.3 is 10.1 Å². The van der Waals surface area contributed by atoms with Crippen molar-refractivity contribution in [3.63, 3.8) is 0 Å². The molecule has 0 aliphatic carbocycles. The number of hydrogen-bond acceptors (Lipinski definition) is 3. The van der Waals surface area contributed by atoms with Gasteiger partial charge in [0.25, 0.3) is 5.91 Å². The van der Waals surface area contributed by atoms with E-state index in [1.54, 1.807) is 0 Å². The standard InChI is InChI=1S/C18H17F2NO3/c1-11-5-3-4-6-12(11)9-16(18(23)24-2)21-17(22)14-8-7-13(19)10-15(14)20/h3-8,10,16H,9H2,1-2H3,(H,21,22)/t16-/m1/s1. The van der Waals surface area contributed by atoms with E-state index in [0.717, 1.165) is 23.3 Å². The Morgan fingerprint density at radius 2 is 1.88 bits per heavy atom. The van der Waals surface area contributed by atoms with Crippen molar-refractivity contribution in [1.29, 1.82) is 0 Å². The van der Waals surface area contributed by atoms with Gasteiger partial charge in [0.15, 0.2) is 0 Å². The summed E-state index contributed by atoms with van der Waals surface area (Å²) in [6, 6.07) is 9.03. The lowest BCUT2D eigenvalue weighted by atomic mass is 10.0. The molecule has 2 rings (SSSR count). The molecule has 0 saturated carbocycles. The number of ether oxygens (including phenoxy) is 1. The largest absolute Gasteiger partial charge is 0.467 e. The summed E-state index contributed by atoms with van der Waals surface area (Å²) in [6.07, 6.45) is 0.202. The van der Waals surface area contributed by atoms with Crippen LogP contribution in [0.2, 0.25) is 0 Å². The molecule has 1 atom stereocenters. The molecule has 0 aromatic heterocycles. The quantitative estimate of drug-likeness (QED) is 0.856. The summed E-state index contributed by atoms with van der Waals surface area (Å²) >= 11 is 0. The SMILES string of the molecule is COC(=O)[C@@H](Cc1ccccc1C)NC(=O)c1ccc(F)cc1F. The van der Waals surface area contributed by atoms with Gasteiger partial charge in [-0.2, -0.15) is 0 Å². The first-order valence-electron chi connectivity index (χ1n) is 7.30. The highest BCUT2D eigenvalue weighted by atomic mass is 19.1. The molecule has 0 saturated heterocycles. The van der Waals surface area contributed by atoms with E-state index < -0.39 is 29.6 Å². The summed E-state index contributed by atoms with van der Waals surface area (Å²) in [5.74, 6) is -3.23. The molecule has 1 N–H and O–H groups in total. The number of esters is 1. The van der Waals surface area contributed by atoms with Gasteiger partial charge in [-0.05, 0) is 30.2 Å². The minimum Gasteiger partial charge on any atom is -0.467 e. The van der Waals surface area contributed by atoms with Gasteiger partial charge in [0, 0.05) is 12.5 Å². The number of halogens is 2. The van der Waals surface area contributed by atoms with E-state index in [9.17, 15) is 18.4 Å². The zero-order valence-corrected chi connectivity index (χ0v) is 13.3. The van der Waals surface area contributed by atoms with Crippen LogP contribution in [0.25, 0.3) is 0 Å². The Bertz CT molecular complexity index is 762. The van der Waals surface area contributed by atoms with Gasteiger partial charge in [-0.25, -0.2) is 13.6 Å². The number of amides is 1. The molecule has 4 nitrogen and oxygen atoms in total. The average Bonchev–Trinajstić information content (AvgIpc) is 2.55. The molecule has 0 unspecified atom stereocenters. The van der Waals surface area contributed by atoms with E-state index in [1.807, 2.05) is 31.2 Å². The number of aryl methyl sites for hydroxylation is 1. The molecule has 0 fully saturated rings. The van der Waals surface area contributed by atoms with Gasteiger partial charge >= 0.3 is 5.97 Å². The van der Waals surface area contributed by atoms with Gasteiger partial charge in [0.05, 0.1) is 12.7 Å². The summed E-state index contributed by atoms with van der Waals surface area (Å²) in [5.41, 5.74) is 1.47. The van der Waals surface area contributed by atoms with Gasteiger partial charge in [0.1, 0.15) is 17.7 Å². The van der Waals surface area contributed by atoms with Crippen molar-refractivity contribution < 1.29 is 23.1 Å². The zero-order valence-electron chi connectivity index (χ0n) is 13.3. The number of hydrogen-bond donors (Lipinski definition) is 1. The summed E-state index contributed by atoms with van der Waals surface area (Å²) in [5, 5.41) is 2.44. The Labute approximate surface area is 138 Å². The van der Waals surface area contributed by atoms with Crippen molar-refractivity contribution in [1.82, 2.24) is 5.32 Å². The molecule has 0 bridgehead atoms. The van der Waals surface area contributed by atoms with Crippen LogP contribution in [0, 0.1) is 18.6 Å². The van der Waals surface area contributed by atoms with Crippen LogP contribution in [0.15, 0.2) is 42.5 Å². The number of carbonyl (C=O) groups is 2. The molecule has 0 radical (unpaired) electrons. The van der Waals surface area contributed by atoms with E-state index in [-0.39, 0.29) is 12.0 Å². The fourth-order valence-electron chi connectivity index (χ4n) is 2.30. The lowest BCUT2D eigenvalue weighted by molar-refractivity contribution is -0.142. The van der Waals surface area contributed by atoms with Crippen LogP contribution in [0.5, 0.6) is 0 Å².